The van der Waals surface area contributed by atoms with Gasteiger partial charge in [0.25, 0.3) is 10.1 Å². The molecule has 1 unspecified atom stereocenters. The molecule has 0 heterocycles. The van der Waals surface area contributed by atoms with Gasteiger partial charge in [0.1, 0.15) is 0 Å². The van der Waals surface area contributed by atoms with Crippen LogP contribution in [-0.4, -0.2) is 38.4 Å². The lowest BCUT2D eigenvalue weighted by Gasteiger charge is -2.11. The van der Waals surface area contributed by atoms with Crippen LogP contribution in [0.15, 0.2) is 0 Å². The number of sulfone groups is 1. The molecule has 0 aromatic carbocycles. The zero-order valence-corrected chi connectivity index (χ0v) is 10.9. The van der Waals surface area contributed by atoms with Crippen LogP contribution in [0.3, 0.4) is 0 Å². The molecule has 5 nitrogen and oxygen atoms in total. The number of hydrogen-bond acceptors (Lipinski definition) is 4. The van der Waals surface area contributed by atoms with Gasteiger partial charge in [-0.2, -0.15) is 21.6 Å². The lowest BCUT2D eigenvalue weighted by molar-refractivity contribution is -0.0436. The second-order valence-corrected chi connectivity index (χ2v) is 6.99. The van der Waals surface area contributed by atoms with E-state index in [1.54, 1.807) is 0 Å². The molecule has 0 aromatic rings. The van der Waals surface area contributed by atoms with Crippen LogP contribution in [-0.2, 0) is 20.0 Å². The first-order valence-electron chi connectivity index (χ1n) is 4.55. The number of alkyl halides is 3. The van der Waals surface area contributed by atoms with E-state index in [1.807, 2.05) is 0 Å². The predicted molar refractivity (Wildman–Crippen MR) is 57.8 cm³/mol. The minimum Gasteiger partial charge on any atom is -0.286 e. The zero-order valence-electron chi connectivity index (χ0n) is 9.23. The molecule has 0 spiro atoms. The second kappa shape index (κ2) is 5.90. The number of rotatable bonds is 5. The van der Waals surface area contributed by atoms with Crippen molar-refractivity contribution in [3.8, 4) is 11.8 Å². The molecule has 0 bridgehead atoms. The molecule has 18 heavy (non-hydrogen) atoms. The Balaban J connectivity index is 4.80. The Morgan fingerprint density at radius 1 is 1.22 bits per heavy atom. The molecule has 1 N–H and O–H groups in total. The third kappa shape index (κ3) is 6.23. The minimum absolute atomic E-state index is 0.623. The molecule has 0 radical (unpaired) electrons. The van der Waals surface area contributed by atoms with Gasteiger partial charge in [0, 0.05) is 5.92 Å². The molecule has 0 aliphatic rings. The summed E-state index contributed by atoms with van der Waals surface area (Å²) in [5.41, 5.74) is -5.38. The van der Waals surface area contributed by atoms with Gasteiger partial charge in [-0.1, -0.05) is 5.92 Å². The molecule has 1 atom stereocenters. The van der Waals surface area contributed by atoms with Gasteiger partial charge in [-0.3, -0.25) is 4.55 Å². The molecular formula is C8H11F3O5S2. The van der Waals surface area contributed by atoms with Crippen molar-refractivity contribution in [1.29, 1.82) is 0 Å². The second-order valence-electron chi connectivity index (χ2n) is 3.39. The van der Waals surface area contributed by atoms with Crippen LogP contribution in [0.1, 0.15) is 13.3 Å². The van der Waals surface area contributed by atoms with Crippen molar-refractivity contribution in [1.82, 2.24) is 0 Å². The highest BCUT2D eigenvalue weighted by Crippen LogP contribution is 2.25. The smallest absolute Gasteiger partial charge is 0.286 e. The van der Waals surface area contributed by atoms with E-state index in [9.17, 15) is 30.0 Å². The van der Waals surface area contributed by atoms with E-state index in [-0.39, 0.29) is 0 Å². The van der Waals surface area contributed by atoms with E-state index >= 15 is 0 Å². The summed E-state index contributed by atoms with van der Waals surface area (Å²) in [5.74, 6) is 1.17. The molecule has 10 heteroatoms. The van der Waals surface area contributed by atoms with E-state index < -0.39 is 49.3 Å². The molecular weight excluding hydrogens is 297 g/mol. The van der Waals surface area contributed by atoms with Crippen molar-refractivity contribution in [2.75, 3.05) is 11.5 Å². The summed E-state index contributed by atoms with van der Waals surface area (Å²) < 4.78 is 87.2. The quantitative estimate of drug-likeness (QED) is 0.600. The van der Waals surface area contributed by atoms with Gasteiger partial charge < -0.3 is 0 Å². The standard InChI is InChI=1S/C8H11F3O5S2/c1-2-3-7(6-18(14,15)16)4-5-17(12,13)8(9,10)11/h7H,4-6H2,1H3,(H,14,15,16). The maximum Gasteiger partial charge on any atom is 0.497 e. The van der Waals surface area contributed by atoms with Crippen LogP contribution in [0.2, 0.25) is 0 Å². The zero-order chi connectivity index (χ0) is 14.6. The van der Waals surface area contributed by atoms with Gasteiger partial charge in [-0.25, -0.2) is 8.42 Å². The summed E-state index contributed by atoms with van der Waals surface area (Å²) >= 11 is 0. The van der Waals surface area contributed by atoms with Gasteiger partial charge in [-0.15, -0.1) is 5.92 Å². The van der Waals surface area contributed by atoms with Crippen LogP contribution in [0, 0.1) is 17.8 Å². The highest BCUT2D eigenvalue weighted by Gasteiger charge is 2.45. The predicted octanol–water partition coefficient (Wildman–Crippen LogP) is 0.838. The lowest BCUT2D eigenvalue weighted by atomic mass is 10.1. The minimum atomic E-state index is -5.38. The van der Waals surface area contributed by atoms with Crippen LogP contribution in [0.4, 0.5) is 13.2 Å². The molecule has 0 aromatic heterocycles. The third-order valence-electron chi connectivity index (χ3n) is 1.85. The first-order chi connectivity index (χ1) is 7.89. The summed E-state index contributed by atoms with van der Waals surface area (Å²) in [5, 5.41) is 0. The van der Waals surface area contributed by atoms with Crippen molar-refractivity contribution in [3.63, 3.8) is 0 Å². The monoisotopic (exact) mass is 308 g/mol. The maximum atomic E-state index is 12.0. The van der Waals surface area contributed by atoms with Gasteiger partial charge in [0.05, 0.1) is 11.5 Å². The fourth-order valence-electron chi connectivity index (χ4n) is 1.07. The molecule has 106 valence electrons. The van der Waals surface area contributed by atoms with E-state index in [1.165, 1.54) is 6.92 Å². The number of hydrogen-bond donors (Lipinski definition) is 1. The van der Waals surface area contributed by atoms with Gasteiger partial charge in [0.15, 0.2) is 0 Å². The molecule has 0 rings (SSSR count). The average Bonchev–Trinajstić information content (AvgIpc) is 2.10. The van der Waals surface area contributed by atoms with Crippen LogP contribution < -0.4 is 0 Å². The highest BCUT2D eigenvalue weighted by atomic mass is 32.2. The Labute approximate surface area is 103 Å². The highest BCUT2D eigenvalue weighted by molar-refractivity contribution is 7.92. The summed E-state index contributed by atoms with van der Waals surface area (Å²) in [6, 6.07) is 0. The SMILES string of the molecule is CC#CC(CCS(=O)(=O)C(F)(F)F)CS(=O)(=O)O. The van der Waals surface area contributed by atoms with Crippen LogP contribution in [0.5, 0.6) is 0 Å². The van der Waals surface area contributed by atoms with Crippen molar-refractivity contribution in [3.05, 3.63) is 0 Å². The average molecular weight is 308 g/mol. The first kappa shape index (κ1) is 17.2. The Morgan fingerprint density at radius 3 is 2.06 bits per heavy atom. The molecule has 0 fully saturated rings. The van der Waals surface area contributed by atoms with Crippen molar-refractivity contribution >= 4 is 20.0 Å². The summed E-state index contributed by atoms with van der Waals surface area (Å²) in [7, 11) is -9.74. The first-order valence-corrected chi connectivity index (χ1v) is 7.81. The molecule has 0 saturated carbocycles. The largest absolute Gasteiger partial charge is 0.497 e. The molecule has 0 saturated heterocycles. The van der Waals surface area contributed by atoms with E-state index in [2.05, 4.69) is 11.8 Å². The van der Waals surface area contributed by atoms with E-state index in [0.29, 0.717) is 0 Å². The van der Waals surface area contributed by atoms with Gasteiger partial charge in [0.2, 0.25) is 9.84 Å². The topological polar surface area (TPSA) is 88.5 Å². The third-order valence-corrected chi connectivity index (χ3v) is 4.15. The molecule has 0 aliphatic heterocycles. The Hall–Kier alpha value is -0.790. The van der Waals surface area contributed by atoms with E-state index in [4.69, 9.17) is 4.55 Å². The van der Waals surface area contributed by atoms with Gasteiger partial charge >= 0.3 is 5.51 Å². The number of halogens is 3. The summed E-state index contributed by atoms with van der Waals surface area (Å²) in [6.07, 6.45) is -0.623. The Bertz CT molecular complexity index is 536. The van der Waals surface area contributed by atoms with E-state index in [0.717, 1.165) is 0 Å². The summed E-state index contributed by atoms with van der Waals surface area (Å²) in [6.45, 7) is 1.31. The Morgan fingerprint density at radius 2 is 1.72 bits per heavy atom. The maximum absolute atomic E-state index is 12.0. The van der Waals surface area contributed by atoms with Crippen molar-refractivity contribution < 1.29 is 34.6 Å². The van der Waals surface area contributed by atoms with Crippen molar-refractivity contribution in [2.45, 2.75) is 18.9 Å². The normalized spacial score (nSPS) is 14.7. The molecule has 0 amide bonds. The fraction of sp³-hybridized carbons (Fsp3) is 0.750. The Kier molecular flexibility index (Phi) is 5.64. The van der Waals surface area contributed by atoms with Crippen molar-refractivity contribution in [2.24, 2.45) is 5.92 Å². The summed E-state index contributed by atoms with van der Waals surface area (Å²) in [4.78, 5) is 0. The lowest BCUT2D eigenvalue weighted by Crippen LogP contribution is -2.28. The fourth-order valence-corrected chi connectivity index (χ4v) is 2.65. The van der Waals surface area contributed by atoms with Crippen LogP contribution >= 0.6 is 0 Å². The van der Waals surface area contributed by atoms with Gasteiger partial charge in [-0.05, 0) is 13.3 Å². The molecule has 0 aliphatic carbocycles. The van der Waals surface area contributed by atoms with Crippen LogP contribution in [0.25, 0.3) is 0 Å².